The Hall–Kier alpha value is -5.13. The molecule has 0 spiro atoms. The van der Waals surface area contributed by atoms with Gasteiger partial charge in [0.1, 0.15) is 17.3 Å². The molecular formula is C36H33Cl2F3N6O2. The summed E-state index contributed by atoms with van der Waals surface area (Å²) in [5, 5.41) is 6.47. The molecule has 0 saturated carbocycles. The summed E-state index contributed by atoms with van der Waals surface area (Å²) in [6.45, 7) is 8.20. The summed E-state index contributed by atoms with van der Waals surface area (Å²) in [6.07, 6.45) is -3.24. The van der Waals surface area contributed by atoms with Gasteiger partial charge in [0, 0.05) is 36.0 Å². The summed E-state index contributed by atoms with van der Waals surface area (Å²) < 4.78 is 47.6. The van der Waals surface area contributed by atoms with Crippen molar-refractivity contribution in [1.82, 2.24) is 20.2 Å². The van der Waals surface area contributed by atoms with E-state index in [0.29, 0.717) is 80.4 Å². The Bertz CT molecular complexity index is 2030. The van der Waals surface area contributed by atoms with E-state index in [9.17, 15) is 18.0 Å². The van der Waals surface area contributed by atoms with Crippen molar-refractivity contribution in [2.24, 2.45) is 11.5 Å². The maximum Gasteiger partial charge on any atom is 0.416 e. The van der Waals surface area contributed by atoms with Gasteiger partial charge in [-0.1, -0.05) is 60.6 Å². The number of benzene rings is 4. The van der Waals surface area contributed by atoms with E-state index in [1.54, 1.807) is 42.5 Å². The molecule has 0 saturated heterocycles. The number of nitrogens with one attached hydrogen (secondary N) is 2. The number of hydrogen-bond donors (Lipinski definition) is 4. The minimum absolute atomic E-state index is 0.0928. The highest BCUT2D eigenvalue weighted by molar-refractivity contribution is 6.42. The second-order valence-electron chi connectivity index (χ2n) is 11.3. The molecule has 5 aromatic rings. The van der Waals surface area contributed by atoms with E-state index in [1.165, 1.54) is 12.1 Å². The first kappa shape index (κ1) is 35.2. The zero-order chi connectivity index (χ0) is 35.3. The lowest BCUT2D eigenvalue weighted by molar-refractivity contribution is -0.137. The second kappa shape index (κ2) is 15.0. The number of nitrogens with two attached hydrogens (primary N) is 2. The quantitative estimate of drug-likeness (QED) is 0.0910. The Morgan fingerprint density at radius 3 is 2.39 bits per heavy atom. The summed E-state index contributed by atoms with van der Waals surface area (Å²) in [6, 6.07) is 21.7. The molecule has 1 amide bonds. The third kappa shape index (κ3) is 8.67. The topological polar surface area (TPSA) is 120 Å². The monoisotopic (exact) mass is 708 g/mol. The number of halogens is 5. The van der Waals surface area contributed by atoms with E-state index < -0.39 is 23.7 Å². The van der Waals surface area contributed by atoms with Crippen LogP contribution in [-0.2, 0) is 12.7 Å². The van der Waals surface area contributed by atoms with Gasteiger partial charge in [-0.2, -0.15) is 13.2 Å². The molecule has 0 unspecified atom stereocenters. The van der Waals surface area contributed by atoms with Gasteiger partial charge in [0.15, 0.2) is 0 Å². The second-order valence-corrected chi connectivity index (χ2v) is 12.1. The Balaban J connectivity index is 1.49. The number of allylic oxidation sites excluding steroid dienone is 1. The highest BCUT2D eigenvalue weighted by Gasteiger charge is 2.30. The molecule has 0 radical (unpaired) electrons. The van der Waals surface area contributed by atoms with Gasteiger partial charge in [0.2, 0.25) is 0 Å². The number of carbonyl (C=O) groups is 1. The van der Waals surface area contributed by atoms with E-state index in [1.807, 2.05) is 22.8 Å². The predicted octanol–water partition coefficient (Wildman–Crippen LogP) is 8.56. The number of fused-ring (bicyclic) bond motifs is 1. The largest absolute Gasteiger partial charge is 0.457 e. The van der Waals surface area contributed by atoms with Crippen LogP contribution < -0.4 is 26.8 Å². The fourth-order valence-corrected chi connectivity index (χ4v) is 5.59. The molecule has 0 fully saturated rings. The number of hydrogen-bond acceptors (Lipinski definition) is 6. The van der Waals surface area contributed by atoms with Crippen LogP contribution >= 0.6 is 23.2 Å². The summed E-state index contributed by atoms with van der Waals surface area (Å²) in [5.41, 5.74) is 14.2. The molecule has 0 aliphatic heterocycles. The van der Waals surface area contributed by atoms with Gasteiger partial charge in [0.25, 0.3) is 5.91 Å². The molecule has 0 bridgehead atoms. The number of aromatic nitrogens is 2. The van der Waals surface area contributed by atoms with E-state index in [2.05, 4.69) is 23.8 Å². The number of carbonyl (C=O) groups excluding carboxylic acids is 1. The Morgan fingerprint density at radius 2 is 1.67 bits per heavy atom. The van der Waals surface area contributed by atoms with Crippen LogP contribution in [-0.4, -0.2) is 22.0 Å². The molecule has 1 heterocycles. The van der Waals surface area contributed by atoms with Gasteiger partial charge in [-0.05, 0) is 73.0 Å². The Kier molecular flexibility index (Phi) is 10.7. The van der Waals surface area contributed by atoms with Gasteiger partial charge in [-0.15, -0.1) is 0 Å². The van der Waals surface area contributed by atoms with Gasteiger partial charge in [-0.3, -0.25) is 4.79 Å². The van der Waals surface area contributed by atoms with Crippen LogP contribution in [0.3, 0.4) is 0 Å². The normalized spacial score (nSPS) is 12.0. The smallest absolute Gasteiger partial charge is 0.416 e. The van der Waals surface area contributed by atoms with Crippen molar-refractivity contribution >= 4 is 40.1 Å². The number of imidazole rings is 1. The van der Waals surface area contributed by atoms with E-state index in [0.717, 1.165) is 12.1 Å². The first-order valence-electron chi connectivity index (χ1n) is 15.1. The molecule has 5 rings (SSSR count). The molecule has 49 heavy (non-hydrogen) atoms. The van der Waals surface area contributed by atoms with Crippen molar-refractivity contribution in [2.45, 2.75) is 31.6 Å². The summed E-state index contributed by atoms with van der Waals surface area (Å²) in [7, 11) is 0. The van der Waals surface area contributed by atoms with Gasteiger partial charge in [0.05, 0.1) is 38.5 Å². The molecule has 0 aliphatic rings. The van der Waals surface area contributed by atoms with Crippen LogP contribution in [0.25, 0.3) is 22.4 Å². The average molecular weight is 710 g/mol. The standard InChI is InChI=1S/C36H33Cl2F3N6O2/c1-21(42)32(10-5-15-44-22(2)43)47-33-14-11-25(35(48)45-20-23-6-3-8-26(16-23)36(39,40)41)18-31(33)46-34(47)24-7-4-9-27(17-24)49-28-12-13-29(37)30(38)19-28/h3-4,6-9,11-14,16-19,32,44H,1-2,5,10,15,20,42-43H2,(H,45,48)/t32-/m1/s1. The van der Waals surface area contributed by atoms with Crippen LogP contribution in [0.2, 0.25) is 10.0 Å². The number of rotatable bonds is 13. The Labute approximate surface area is 291 Å². The Morgan fingerprint density at radius 1 is 0.918 bits per heavy atom. The van der Waals surface area contributed by atoms with Crippen molar-refractivity contribution in [3.8, 4) is 22.9 Å². The van der Waals surface area contributed by atoms with E-state index >= 15 is 0 Å². The molecule has 13 heteroatoms. The third-order valence-electron chi connectivity index (χ3n) is 7.62. The fourth-order valence-electron chi connectivity index (χ4n) is 5.30. The molecule has 1 atom stereocenters. The van der Waals surface area contributed by atoms with Crippen LogP contribution in [0.1, 0.15) is 40.4 Å². The van der Waals surface area contributed by atoms with E-state index in [4.69, 9.17) is 44.4 Å². The molecule has 254 valence electrons. The molecule has 0 aliphatic carbocycles. The summed E-state index contributed by atoms with van der Waals surface area (Å²) in [5.74, 6) is 1.43. The molecular weight excluding hydrogens is 676 g/mol. The first-order valence-corrected chi connectivity index (χ1v) is 15.9. The van der Waals surface area contributed by atoms with Crippen molar-refractivity contribution in [2.75, 3.05) is 6.54 Å². The van der Waals surface area contributed by atoms with Gasteiger partial charge in [-0.25, -0.2) is 4.98 Å². The fraction of sp³-hybridized carbons (Fsp3) is 0.167. The van der Waals surface area contributed by atoms with Crippen molar-refractivity contribution in [3.63, 3.8) is 0 Å². The predicted molar refractivity (Wildman–Crippen MR) is 187 cm³/mol. The minimum atomic E-state index is -4.49. The summed E-state index contributed by atoms with van der Waals surface area (Å²) in [4.78, 5) is 18.1. The minimum Gasteiger partial charge on any atom is -0.457 e. The van der Waals surface area contributed by atoms with Crippen LogP contribution in [0.15, 0.2) is 110 Å². The first-order chi connectivity index (χ1) is 23.3. The van der Waals surface area contributed by atoms with Crippen molar-refractivity contribution in [1.29, 1.82) is 0 Å². The highest BCUT2D eigenvalue weighted by atomic mass is 35.5. The number of nitrogens with zero attached hydrogens (tertiary/aromatic N) is 2. The lowest BCUT2D eigenvalue weighted by Crippen LogP contribution is -2.23. The number of ether oxygens (including phenoxy) is 1. The zero-order valence-electron chi connectivity index (χ0n) is 26.2. The molecule has 8 nitrogen and oxygen atoms in total. The zero-order valence-corrected chi connectivity index (χ0v) is 27.7. The van der Waals surface area contributed by atoms with Crippen molar-refractivity contribution < 1.29 is 22.7 Å². The van der Waals surface area contributed by atoms with Crippen molar-refractivity contribution in [3.05, 3.63) is 136 Å². The lowest BCUT2D eigenvalue weighted by atomic mass is 10.1. The molecule has 1 aromatic heterocycles. The maximum absolute atomic E-state index is 13.2. The third-order valence-corrected chi connectivity index (χ3v) is 8.36. The number of alkyl halides is 3. The SMILES string of the molecule is C=C(N)NCCC[C@H](C(=C)N)n1c(-c2cccc(Oc3ccc(Cl)c(Cl)c3)c2)nc2cc(C(=O)NCc3cccc(C(F)(F)F)c3)ccc21. The molecule has 4 aromatic carbocycles. The maximum atomic E-state index is 13.2. The van der Waals surface area contributed by atoms with Gasteiger partial charge >= 0.3 is 6.18 Å². The van der Waals surface area contributed by atoms with Crippen LogP contribution in [0.4, 0.5) is 13.2 Å². The average Bonchev–Trinajstić information content (AvgIpc) is 3.43. The highest BCUT2D eigenvalue weighted by Crippen LogP contribution is 2.36. The molecule has 6 N–H and O–H groups in total. The van der Waals surface area contributed by atoms with Crippen LogP contribution in [0, 0.1) is 0 Å². The van der Waals surface area contributed by atoms with Crippen LogP contribution in [0.5, 0.6) is 11.5 Å². The lowest BCUT2D eigenvalue weighted by Gasteiger charge is -2.22. The summed E-state index contributed by atoms with van der Waals surface area (Å²) >= 11 is 12.2. The van der Waals surface area contributed by atoms with E-state index in [-0.39, 0.29) is 12.1 Å². The van der Waals surface area contributed by atoms with Gasteiger partial charge < -0.3 is 31.4 Å². The number of amides is 1.